The molecule has 4 fully saturated rings. The van der Waals surface area contributed by atoms with Crippen molar-refractivity contribution in [1.29, 1.82) is 0 Å². The number of nitrogens with zero attached hydrogens (tertiary/aromatic N) is 6. The second-order valence-electron chi connectivity index (χ2n) is 16.2. The van der Waals surface area contributed by atoms with E-state index in [1.54, 1.807) is 16.2 Å². The zero-order chi connectivity index (χ0) is 36.4. The van der Waals surface area contributed by atoms with E-state index < -0.39 is 18.1 Å². The molecule has 7 rings (SSSR count). The van der Waals surface area contributed by atoms with E-state index in [0.29, 0.717) is 5.76 Å². The Morgan fingerprint density at radius 1 is 0.962 bits per heavy atom. The van der Waals surface area contributed by atoms with Gasteiger partial charge in [0.15, 0.2) is 11.6 Å². The number of anilines is 1. The van der Waals surface area contributed by atoms with E-state index in [1.807, 2.05) is 63.5 Å². The fourth-order valence-corrected chi connectivity index (χ4v) is 9.42. The number of carbonyl (C=O) groups is 2. The summed E-state index contributed by atoms with van der Waals surface area (Å²) in [7, 11) is 0. The molecule has 52 heavy (non-hydrogen) atoms. The Hall–Kier alpha value is -3.32. The van der Waals surface area contributed by atoms with Crippen LogP contribution in [0.15, 0.2) is 40.4 Å². The van der Waals surface area contributed by atoms with Crippen molar-refractivity contribution in [2.24, 2.45) is 17.8 Å². The van der Waals surface area contributed by atoms with Crippen LogP contribution in [0.4, 0.5) is 5.82 Å². The predicted octanol–water partition coefficient (Wildman–Crippen LogP) is 5.32. The first kappa shape index (κ1) is 37.0. The third kappa shape index (κ3) is 8.40. The molecule has 12 heteroatoms. The van der Waals surface area contributed by atoms with Crippen molar-refractivity contribution in [2.75, 3.05) is 63.8 Å². The number of aryl methyl sites for hydroxylation is 1. The van der Waals surface area contributed by atoms with Gasteiger partial charge in [-0.3, -0.25) is 14.5 Å². The van der Waals surface area contributed by atoms with Crippen LogP contribution in [-0.4, -0.2) is 113 Å². The minimum atomic E-state index is -0.772. The highest BCUT2D eigenvalue weighted by atomic mass is 32.1. The van der Waals surface area contributed by atoms with Crippen molar-refractivity contribution in [3.63, 3.8) is 0 Å². The minimum Gasteiger partial charge on any atom is -0.391 e. The van der Waals surface area contributed by atoms with Gasteiger partial charge >= 0.3 is 0 Å². The fourth-order valence-electron chi connectivity index (χ4n) is 8.61. The van der Waals surface area contributed by atoms with Crippen LogP contribution < -0.4 is 10.2 Å². The molecule has 2 amide bonds. The van der Waals surface area contributed by atoms with E-state index in [9.17, 15) is 14.7 Å². The number of likely N-dealkylation sites (tertiary alicyclic amines) is 2. The number of rotatable bonds is 12. The highest BCUT2D eigenvalue weighted by molar-refractivity contribution is 7.13. The van der Waals surface area contributed by atoms with E-state index in [-0.39, 0.29) is 36.7 Å². The maximum atomic E-state index is 14.2. The van der Waals surface area contributed by atoms with E-state index in [1.165, 1.54) is 58.3 Å². The lowest BCUT2D eigenvalue weighted by atomic mass is 9.84. The Labute approximate surface area is 312 Å². The summed E-state index contributed by atoms with van der Waals surface area (Å²) in [5.41, 5.74) is 4.90. The Kier molecular flexibility index (Phi) is 11.6. The maximum Gasteiger partial charge on any atom is 0.243 e. The molecule has 11 nitrogen and oxygen atoms in total. The molecule has 0 bridgehead atoms. The normalized spacial score (nSPS) is 23.6. The maximum absolute atomic E-state index is 14.2. The SMILES string of the molecule is Cc1ncsc1-c1ccc([C@H](C)NC(=O)[C@@H]2C[C@@H](O)CN2C(=O)C(c2cc(N3CCN(CC4CCN(CC5CCC5)CC4)CC3)no2)C(C)C)cc1. The van der Waals surface area contributed by atoms with Crippen molar-refractivity contribution in [1.82, 2.24) is 30.2 Å². The number of hydrogen-bond acceptors (Lipinski definition) is 10. The zero-order valence-electron chi connectivity index (χ0n) is 31.4. The Morgan fingerprint density at radius 3 is 2.25 bits per heavy atom. The number of thiazole rings is 1. The number of aliphatic hydroxyl groups is 1. The van der Waals surface area contributed by atoms with Crippen LogP contribution >= 0.6 is 11.3 Å². The van der Waals surface area contributed by atoms with Gasteiger partial charge in [0.25, 0.3) is 0 Å². The van der Waals surface area contributed by atoms with Crippen molar-refractivity contribution < 1.29 is 19.2 Å². The van der Waals surface area contributed by atoms with E-state index in [4.69, 9.17) is 4.52 Å². The highest BCUT2D eigenvalue weighted by Crippen LogP contribution is 2.34. The molecule has 0 radical (unpaired) electrons. The molecule has 1 saturated carbocycles. The average molecular weight is 732 g/mol. The lowest BCUT2D eigenvalue weighted by Crippen LogP contribution is -2.49. The highest BCUT2D eigenvalue weighted by Gasteiger charge is 2.43. The molecule has 3 saturated heterocycles. The Bertz CT molecular complexity index is 1640. The smallest absolute Gasteiger partial charge is 0.243 e. The molecule has 1 aromatic carbocycles. The summed E-state index contributed by atoms with van der Waals surface area (Å²) in [6.45, 7) is 16.8. The van der Waals surface area contributed by atoms with Crippen LogP contribution in [0.5, 0.6) is 0 Å². The van der Waals surface area contributed by atoms with Crippen molar-refractivity contribution in [3.8, 4) is 10.4 Å². The van der Waals surface area contributed by atoms with Crippen LogP contribution in [0.2, 0.25) is 0 Å². The molecule has 4 atom stereocenters. The molecule has 1 unspecified atom stereocenters. The average Bonchev–Trinajstić information content (AvgIpc) is 3.88. The molecular formula is C40H57N7O4S. The lowest BCUT2D eigenvalue weighted by molar-refractivity contribution is -0.141. The molecule has 4 aliphatic rings. The van der Waals surface area contributed by atoms with Gasteiger partial charge in [0.1, 0.15) is 12.0 Å². The second-order valence-corrected chi connectivity index (χ2v) is 17.0. The van der Waals surface area contributed by atoms with Gasteiger partial charge in [0.2, 0.25) is 11.8 Å². The van der Waals surface area contributed by atoms with Gasteiger partial charge < -0.3 is 29.6 Å². The number of carbonyl (C=O) groups excluding carboxylic acids is 2. The van der Waals surface area contributed by atoms with Gasteiger partial charge in [-0.1, -0.05) is 49.7 Å². The fraction of sp³-hybridized carbons (Fsp3) is 0.650. The van der Waals surface area contributed by atoms with Crippen LogP contribution in [0.3, 0.4) is 0 Å². The molecule has 2 aromatic heterocycles. The molecule has 2 N–H and O–H groups in total. The third-order valence-electron chi connectivity index (χ3n) is 12.1. The predicted molar refractivity (Wildman–Crippen MR) is 204 cm³/mol. The molecule has 0 spiro atoms. The number of piperidine rings is 1. The van der Waals surface area contributed by atoms with Gasteiger partial charge in [-0.15, -0.1) is 11.3 Å². The van der Waals surface area contributed by atoms with Crippen LogP contribution in [-0.2, 0) is 9.59 Å². The summed E-state index contributed by atoms with van der Waals surface area (Å²) in [5.74, 6) is 1.83. The first-order valence-corrected chi connectivity index (χ1v) is 20.5. The summed E-state index contributed by atoms with van der Waals surface area (Å²) >= 11 is 1.61. The Balaban J connectivity index is 0.925. The van der Waals surface area contributed by atoms with Crippen molar-refractivity contribution >= 4 is 29.0 Å². The number of β-amino-alcohol motifs (C(OH)–C–C–N with tert-alkyl or cyclic N) is 1. The first-order chi connectivity index (χ1) is 25.1. The van der Waals surface area contributed by atoms with Gasteiger partial charge in [-0.25, -0.2) is 4.98 Å². The van der Waals surface area contributed by atoms with Gasteiger partial charge in [0, 0.05) is 58.3 Å². The van der Waals surface area contributed by atoms with Crippen molar-refractivity contribution in [2.45, 2.75) is 90.3 Å². The number of aliphatic hydroxyl groups excluding tert-OH is 1. The minimum absolute atomic E-state index is 0.0913. The number of amides is 2. The molecule has 3 aliphatic heterocycles. The van der Waals surface area contributed by atoms with E-state index in [0.717, 1.165) is 65.5 Å². The molecule has 3 aromatic rings. The standard InChI is InChI=1S/C40H57N7O4S/c1-26(2)37(35-21-36(43-51-35)46-18-16-45(17-19-46)23-30-12-14-44(15-13-30)22-29-6-5-7-29)40(50)47-24-33(48)20-34(47)39(49)42-27(3)31-8-10-32(11-9-31)38-28(4)41-25-52-38/h8-11,21,25-27,29-30,33-34,37,48H,5-7,12-20,22-24H2,1-4H3,(H,42,49)/t27-,33+,34-,37?/m0/s1. The molecular weight excluding hydrogens is 675 g/mol. The second kappa shape index (κ2) is 16.4. The molecule has 1 aliphatic carbocycles. The van der Waals surface area contributed by atoms with E-state index >= 15 is 0 Å². The number of hydrogen-bond donors (Lipinski definition) is 2. The first-order valence-electron chi connectivity index (χ1n) is 19.6. The number of piperazine rings is 1. The Morgan fingerprint density at radius 2 is 1.63 bits per heavy atom. The third-order valence-corrected chi connectivity index (χ3v) is 13.0. The summed E-state index contributed by atoms with van der Waals surface area (Å²) in [6.07, 6.45) is 6.33. The summed E-state index contributed by atoms with van der Waals surface area (Å²) in [5, 5.41) is 18.2. The quantitative estimate of drug-likeness (QED) is 0.255. The van der Waals surface area contributed by atoms with Gasteiger partial charge in [0.05, 0.1) is 28.2 Å². The topological polar surface area (TPSA) is 118 Å². The summed E-state index contributed by atoms with van der Waals surface area (Å²) < 4.78 is 5.89. The monoisotopic (exact) mass is 731 g/mol. The van der Waals surface area contributed by atoms with E-state index in [2.05, 4.69) is 30.2 Å². The largest absolute Gasteiger partial charge is 0.391 e. The van der Waals surface area contributed by atoms with Crippen molar-refractivity contribution in [3.05, 3.63) is 52.9 Å². The zero-order valence-corrected chi connectivity index (χ0v) is 32.2. The number of benzene rings is 1. The van der Waals surface area contributed by atoms with Crippen LogP contribution in [0.1, 0.15) is 88.3 Å². The number of nitrogens with one attached hydrogen (secondary N) is 1. The van der Waals surface area contributed by atoms with Gasteiger partial charge in [-0.2, -0.15) is 0 Å². The summed E-state index contributed by atoms with van der Waals surface area (Å²) in [6, 6.07) is 9.01. The molecule has 282 valence electrons. The van der Waals surface area contributed by atoms with Crippen LogP contribution in [0, 0.1) is 24.7 Å². The molecule has 5 heterocycles. The van der Waals surface area contributed by atoms with Crippen LogP contribution in [0.25, 0.3) is 10.4 Å². The summed E-state index contributed by atoms with van der Waals surface area (Å²) in [4.78, 5) is 42.5. The van der Waals surface area contributed by atoms with Gasteiger partial charge in [-0.05, 0) is 81.5 Å². The lowest BCUT2D eigenvalue weighted by Gasteiger charge is -2.40. The number of aromatic nitrogens is 2.